The SMILES string of the molecule is CCC(C)C(N)C(=O)NC(C)CN1CCOCC1.Cl. The highest BCUT2D eigenvalue weighted by molar-refractivity contribution is 5.85. The summed E-state index contributed by atoms with van der Waals surface area (Å²) in [5.74, 6) is 0.186. The van der Waals surface area contributed by atoms with Gasteiger partial charge in [0.25, 0.3) is 0 Å². The summed E-state index contributed by atoms with van der Waals surface area (Å²) in [4.78, 5) is 14.2. The number of rotatable bonds is 6. The molecule has 1 rings (SSSR count). The molecule has 5 nitrogen and oxygen atoms in total. The van der Waals surface area contributed by atoms with Crippen LogP contribution in [0.3, 0.4) is 0 Å². The van der Waals surface area contributed by atoms with E-state index in [2.05, 4.69) is 17.1 Å². The lowest BCUT2D eigenvalue weighted by molar-refractivity contribution is -0.124. The Morgan fingerprint density at radius 2 is 1.95 bits per heavy atom. The molecule has 0 aliphatic carbocycles. The van der Waals surface area contributed by atoms with E-state index in [0.717, 1.165) is 39.3 Å². The molecule has 0 radical (unpaired) electrons. The van der Waals surface area contributed by atoms with Gasteiger partial charge in [-0.15, -0.1) is 12.4 Å². The van der Waals surface area contributed by atoms with Gasteiger partial charge in [0.05, 0.1) is 19.3 Å². The number of ether oxygens (including phenoxy) is 1. The van der Waals surface area contributed by atoms with Gasteiger partial charge in [-0.1, -0.05) is 20.3 Å². The first kappa shape index (κ1) is 18.6. The zero-order chi connectivity index (χ0) is 13.5. The van der Waals surface area contributed by atoms with E-state index >= 15 is 0 Å². The molecule has 1 saturated heterocycles. The largest absolute Gasteiger partial charge is 0.379 e. The Bertz CT molecular complexity index is 260. The van der Waals surface area contributed by atoms with E-state index < -0.39 is 6.04 Å². The van der Waals surface area contributed by atoms with E-state index in [0.29, 0.717) is 0 Å². The summed E-state index contributed by atoms with van der Waals surface area (Å²) >= 11 is 0. The zero-order valence-corrected chi connectivity index (χ0v) is 13.0. The molecule has 1 amide bonds. The lowest BCUT2D eigenvalue weighted by atomic mass is 9.99. The number of hydrogen-bond donors (Lipinski definition) is 2. The molecule has 114 valence electrons. The van der Waals surface area contributed by atoms with E-state index in [9.17, 15) is 4.79 Å². The molecule has 0 aromatic heterocycles. The first-order chi connectivity index (χ1) is 8.54. The van der Waals surface area contributed by atoms with Crippen molar-refractivity contribution in [3.05, 3.63) is 0 Å². The molecule has 1 heterocycles. The van der Waals surface area contributed by atoms with Gasteiger partial charge in [-0.25, -0.2) is 0 Å². The third-order valence-electron chi connectivity index (χ3n) is 3.58. The molecular weight excluding hydrogens is 266 g/mol. The summed E-state index contributed by atoms with van der Waals surface area (Å²) in [7, 11) is 0. The molecule has 0 saturated carbocycles. The average Bonchev–Trinajstić information content (AvgIpc) is 2.37. The minimum absolute atomic E-state index is 0. The Morgan fingerprint density at radius 3 is 2.47 bits per heavy atom. The number of nitrogens with one attached hydrogen (secondary N) is 1. The van der Waals surface area contributed by atoms with E-state index in [4.69, 9.17) is 10.5 Å². The molecule has 19 heavy (non-hydrogen) atoms. The van der Waals surface area contributed by atoms with Crippen molar-refractivity contribution in [3.8, 4) is 0 Å². The molecule has 1 aliphatic heterocycles. The van der Waals surface area contributed by atoms with Crippen LogP contribution in [0, 0.1) is 5.92 Å². The maximum Gasteiger partial charge on any atom is 0.237 e. The molecule has 0 aromatic rings. The van der Waals surface area contributed by atoms with Crippen molar-refractivity contribution in [2.24, 2.45) is 11.7 Å². The third-order valence-corrected chi connectivity index (χ3v) is 3.58. The van der Waals surface area contributed by atoms with Gasteiger partial charge in [-0.2, -0.15) is 0 Å². The Kier molecular flexibility index (Phi) is 9.35. The normalized spacial score (nSPS) is 21.1. The van der Waals surface area contributed by atoms with E-state index in [1.54, 1.807) is 0 Å². The summed E-state index contributed by atoms with van der Waals surface area (Å²) in [5.41, 5.74) is 5.91. The van der Waals surface area contributed by atoms with Crippen LogP contribution in [0.15, 0.2) is 0 Å². The number of nitrogens with two attached hydrogens (primary N) is 1. The van der Waals surface area contributed by atoms with E-state index in [1.807, 2.05) is 13.8 Å². The Hall–Kier alpha value is -0.360. The van der Waals surface area contributed by atoms with Crippen molar-refractivity contribution >= 4 is 18.3 Å². The maximum atomic E-state index is 11.9. The van der Waals surface area contributed by atoms with Gasteiger partial charge >= 0.3 is 0 Å². The van der Waals surface area contributed by atoms with E-state index in [-0.39, 0.29) is 30.3 Å². The fraction of sp³-hybridized carbons (Fsp3) is 0.923. The standard InChI is InChI=1S/C13H27N3O2.ClH/c1-4-10(2)12(14)13(17)15-11(3)9-16-5-7-18-8-6-16;/h10-12H,4-9,14H2,1-3H3,(H,15,17);1H. The molecule has 6 heteroatoms. The molecule has 3 atom stereocenters. The highest BCUT2D eigenvalue weighted by Gasteiger charge is 2.22. The topological polar surface area (TPSA) is 67.6 Å². The van der Waals surface area contributed by atoms with Gasteiger partial charge in [0.2, 0.25) is 5.91 Å². The summed E-state index contributed by atoms with van der Waals surface area (Å²) in [6.07, 6.45) is 0.923. The van der Waals surface area contributed by atoms with Gasteiger partial charge in [-0.05, 0) is 12.8 Å². The first-order valence-corrected chi connectivity index (χ1v) is 6.90. The molecule has 3 N–H and O–H groups in total. The minimum Gasteiger partial charge on any atom is -0.379 e. The predicted octanol–water partition coefficient (Wildman–Crippen LogP) is 0.619. The summed E-state index contributed by atoms with van der Waals surface area (Å²) in [6.45, 7) is 10.4. The predicted molar refractivity (Wildman–Crippen MR) is 79.5 cm³/mol. The molecule has 0 spiro atoms. The number of carbonyl (C=O) groups excluding carboxylic acids is 1. The molecule has 3 unspecified atom stereocenters. The smallest absolute Gasteiger partial charge is 0.237 e. The Balaban J connectivity index is 0.00000324. The zero-order valence-electron chi connectivity index (χ0n) is 12.2. The van der Waals surface area contributed by atoms with Gasteiger partial charge in [-0.3, -0.25) is 9.69 Å². The molecule has 1 fully saturated rings. The van der Waals surface area contributed by atoms with Crippen molar-refractivity contribution in [1.82, 2.24) is 10.2 Å². The van der Waals surface area contributed by atoms with E-state index in [1.165, 1.54) is 0 Å². The second-order valence-corrected chi connectivity index (χ2v) is 5.23. The Labute approximate surface area is 122 Å². The minimum atomic E-state index is -0.401. The van der Waals surface area contributed by atoms with Crippen molar-refractivity contribution in [2.75, 3.05) is 32.8 Å². The number of nitrogens with zero attached hydrogens (tertiary/aromatic N) is 1. The van der Waals surface area contributed by atoms with Crippen LogP contribution in [0.4, 0.5) is 0 Å². The van der Waals surface area contributed by atoms with Crippen LogP contribution in [-0.2, 0) is 9.53 Å². The number of hydrogen-bond acceptors (Lipinski definition) is 4. The fourth-order valence-electron chi connectivity index (χ4n) is 2.07. The van der Waals surface area contributed by atoms with Crippen molar-refractivity contribution in [1.29, 1.82) is 0 Å². The fourth-order valence-corrected chi connectivity index (χ4v) is 2.07. The third kappa shape index (κ3) is 6.56. The molecule has 1 aliphatic rings. The van der Waals surface area contributed by atoms with Gasteiger partial charge < -0.3 is 15.8 Å². The van der Waals surface area contributed by atoms with Crippen LogP contribution >= 0.6 is 12.4 Å². The van der Waals surface area contributed by atoms with Crippen molar-refractivity contribution in [2.45, 2.75) is 39.3 Å². The highest BCUT2D eigenvalue weighted by Crippen LogP contribution is 2.06. The van der Waals surface area contributed by atoms with Crippen LogP contribution in [0.2, 0.25) is 0 Å². The summed E-state index contributed by atoms with van der Waals surface area (Å²) in [6, 6.07) is -0.271. The first-order valence-electron chi connectivity index (χ1n) is 6.90. The highest BCUT2D eigenvalue weighted by atomic mass is 35.5. The monoisotopic (exact) mass is 293 g/mol. The Morgan fingerprint density at radius 1 is 1.37 bits per heavy atom. The molecule has 0 aromatic carbocycles. The lowest BCUT2D eigenvalue weighted by Gasteiger charge is -2.30. The maximum absolute atomic E-state index is 11.9. The van der Waals surface area contributed by atoms with Crippen LogP contribution < -0.4 is 11.1 Å². The van der Waals surface area contributed by atoms with Crippen LogP contribution in [0.1, 0.15) is 27.2 Å². The number of morpholine rings is 1. The second-order valence-electron chi connectivity index (χ2n) is 5.23. The quantitative estimate of drug-likeness (QED) is 0.753. The van der Waals surface area contributed by atoms with Crippen LogP contribution in [-0.4, -0.2) is 55.7 Å². The van der Waals surface area contributed by atoms with Gasteiger partial charge in [0.1, 0.15) is 0 Å². The van der Waals surface area contributed by atoms with Crippen molar-refractivity contribution < 1.29 is 9.53 Å². The molecular formula is C13H28ClN3O2. The molecule has 0 bridgehead atoms. The number of halogens is 1. The van der Waals surface area contributed by atoms with Crippen LogP contribution in [0.25, 0.3) is 0 Å². The van der Waals surface area contributed by atoms with Crippen molar-refractivity contribution in [3.63, 3.8) is 0 Å². The second kappa shape index (κ2) is 9.53. The number of carbonyl (C=O) groups is 1. The van der Waals surface area contributed by atoms with Gasteiger partial charge in [0.15, 0.2) is 0 Å². The average molecular weight is 294 g/mol. The van der Waals surface area contributed by atoms with Gasteiger partial charge in [0, 0.05) is 25.7 Å². The lowest BCUT2D eigenvalue weighted by Crippen LogP contribution is -2.51. The summed E-state index contributed by atoms with van der Waals surface area (Å²) in [5, 5.41) is 3.00. The number of amides is 1. The van der Waals surface area contributed by atoms with Crippen LogP contribution in [0.5, 0.6) is 0 Å². The summed E-state index contributed by atoms with van der Waals surface area (Å²) < 4.78 is 5.30.